The molecule has 28 heavy (non-hydrogen) atoms. The van der Waals surface area contributed by atoms with E-state index in [1.54, 1.807) is 13.4 Å². The fourth-order valence-electron chi connectivity index (χ4n) is 4.21. The molecule has 0 spiro atoms. The summed E-state index contributed by atoms with van der Waals surface area (Å²) in [4.78, 5) is 7.46. The molecule has 2 atom stereocenters. The van der Waals surface area contributed by atoms with E-state index < -0.39 is 0 Å². The normalized spacial score (nSPS) is 18.5. The van der Waals surface area contributed by atoms with Crippen LogP contribution in [-0.4, -0.2) is 23.1 Å². The molecule has 2 N–H and O–H groups in total. The molecule has 140 valence electrons. The number of methoxy groups -OCH3 is 1. The molecule has 1 aromatic heterocycles. The molecule has 1 aliphatic rings. The maximum absolute atomic E-state index is 5.77. The van der Waals surface area contributed by atoms with Gasteiger partial charge in [-0.15, -0.1) is 0 Å². The number of imidazole rings is 1. The summed E-state index contributed by atoms with van der Waals surface area (Å²) in [5.74, 6) is 0. The van der Waals surface area contributed by atoms with Crippen LogP contribution in [0.15, 0.2) is 73.1 Å². The van der Waals surface area contributed by atoms with E-state index in [-0.39, 0.29) is 6.10 Å². The highest BCUT2D eigenvalue weighted by Gasteiger charge is 2.31. The quantitative estimate of drug-likeness (QED) is 0.539. The number of benzene rings is 3. The van der Waals surface area contributed by atoms with Gasteiger partial charge in [0.1, 0.15) is 0 Å². The molecule has 1 aliphatic carbocycles. The minimum Gasteiger partial charge on any atom is -0.375 e. The van der Waals surface area contributed by atoms with Gasteiger partial charge in [-0.2, -0.15) is 0 Å². The molecule has 0 saturated heterocycles. The van der Waals surface area contributed by atoms with E-state index in [1.165, 1.54) is 27.8 Å². The first-order chi connectivity index (χ1) is 13.8. The second-order valence-electron chi connectivity index (χ2n) is 7.38. The Morgan fingerprint density at radius 2 is 1.86 bits per heavy atom. The van der Waals surface area contributed by atoms with Gasteiger partial charge in [-0.3, -0.25) is 0 Å². The zero-order valence-corrected chi connectivity index (χ0v) is 15.9. The first-order valence-corrected chi connectivity index (χ1v) is 9.68. The summed E-state index contributed by atoms with van der Waals surface area (Å²) in [6.07, 6.45) is 2.87. The molecule has 4 aromatic rings. The summed E-state index contributed by atoms with van der Waals surface area (Å²) < 4.78 is 5.77. The number of nitrogens with one attached hydrogen (secondary N) is 2. The predicted molar refractivity (Wildman–Crippen MR) is 112 cm³/mol. The van der Waals surface area contributed by atoms with Gasteiger partial charge in [0.05, 0.1) is 23.5 Å². The van der Waals surface area contributed by atoms with E-state index in [0.29, 0.717) is 6.04 Å². The summed E-state index contributed by atoms with van der Waals surface area (Å²) >= 11 is 0. The number of fused-ring (bicyclic) bond motifs is 2. The van der Waals surface area contributed by atoms with Crippen LogP contribution in [0.2, 0.25) is 0 Å². The predicted octanol–water partition coefficient (Wildman–Crippen LogP) is 4.63. The van der Waals surface area contributed by atoms with Crippen LogP contribution in [0.1, 0.15) is 22.8 Å². The van der Waals surface area contributed by atoms with Crippen LogP contribution in [0, 0.1) is 0 Å². The Kier molecular flexibility index (Phi) is 4.43. The molecule has 0 radical (unpaired) electrons. The number of aromatic nitrogens is 2. The van der Waals surface area contributed by atoms with Gasteiger partial charge in [-0.25, -0.2) is 4.98 Å². The number of aromatic amines is 1. The van der Waals surface area contributed by atoms with Crippen molar-refractivity contribution in [3.05, 3.63) is 89.7 Å². The third-order valence-corrected chi connectivity index (χ3v) is 5.70. The third-order valence-electron chi connectivity index (χ3n) is 5.70. The van der Waals surface area contributed by atoms with Crippen molar-refractivity contribution in [1.29, 1.82) is 0 Å². The van der Waals surface area contributed by atoms with Crippen molar-refractivity contribution in [3.63, 3.8) is 0 Å². The molecule has 4 nitrogen and oxygen atoms in total. The first-order valence-electron chi connectivity index (χ1n) is 9.68. The number of nitrogens with zero attached hydrogens (tertiary/aromatic N) is 1. The molecular formula is C24H23N3O. The lowest BCUT2D eigenvalue weighted by molar-refractivity contribution is 0.0777. The first kappa shape index (κ1) is 17.2. The van der Waals surface area contributed by atoms with Crippen LogP contribution < -0.4 is 5.32 Å². The van der Waals surface area contributed by atoms with Gasteiger partial charge in [0, 0.05) is 19.7 Å². The van der Waals surface area contributed by atoms with E-state index in [9.17, 15) is 0 Å². The van der Waals surface area contributed by atoms with E-state index in [0.717, 1.165) is 24.0 Å². The molecule has 0 unspecified atom stereocenters. The molecule has 5 rings (SSSR count). The van der Waals surface area contributed by atoms with Crippen molar-refractivity contribution < 1.29 is 4.74 Å². The van der Waals surface area contributed by atoms with Gasteiger partial charge in [0.25, 0.3) is 0 Å². The highest BCUT2D eigenvalue weighted by Crippen LogP contribution is 2.33. The lowest BCUT2D eigenvalue weighted by Crippen LogP contribution is -2.33. The van der Waals surface area contributed by atoms with Crippen LogP contribution >= 0.6 is 0 Å². The maximum atomic E-state index is 5.77. The largest absolute Gasteiger partial charge is 0.375 e. The monoisotopic (exact) mass is 369 g/mol. The maximum Gasteiger partial charge on any atom is 0.0980 e. The van der Waals surface area contributed by atoms with Crippen LogP contribution in [0.25, 0.3) is 22.2 Å². The molecule has 0 saturated carbocycles. The van der Waals surface area contributed by atoms with E-state index in [4.69, 9.17) is 4.74 Å². The SMILES string of the molecule is CO[C@H]1c2ccccc2C[C@H]1NCc1ccc(-c2ccc3nc[nH]c3c2)cc1. The minimum absolute atomic E-state index is 0.122. The number of ether oxygens (including phenoxy) is 1. The zero-order valence-electron chi connectivity index (χ0n) is 15.9. The smallest absolute Gasteiger partial charge is 0.0980 e. The number of rotatable bonds is 5. The zero-order chi connectivity index (χ0) is 18.9. The second-order valence-corrected chi connectivity index (χ2v) is 7.38. The molecule has 0 bridgehead atoms. The summed E-state index contributed by atoms with van der Waals surface area (Å²) in [5, 5.41) is 3.69. The summed E-state index contributed by atoms with van der Waals surface area (Å²) in [7, 11) is 1.80. The number of hydrogen-bond acceptors (Lipinski definition) is 3. The average Bonchev–Trinajstić information content (AvgIpc) is 3.35. The average molecular weight is 369 g/mol. The molecule has 1 heterocycles. The summed E-state index contributed by atoms with van der Waals surface area (Å²) in [6, 6.07) is 24.0. The highest BCUT2D eigenvalue weighted by molar-refractivity contribution is 5.81. The van der Waals surface area contributed by atoms with Gasteiger partial charge in [0.15, 0.2) is 0 Å². The molecule has 4 heteroatoms. The summed E-state index contributed by atoms with van der Waals surface area (Å²) in [5.41, 5.74) is 8.44. The molecule has 0 aliphatic heterocycles. The third kappa shape index (κ3) is 3.11. The van der Waals surface area contributed by atoms with Crippen LogP contribution in [0.4, 0.5) is 0 Å². The fourth-order valence-corrected chi connectivity index (χ4v) is 4.21. The highest BCUT2D eigenvalue weighted by atomic mass is 16.5. The van der Waals surface area contributed by atoms with Gasteiger partial charge in [0.2, 0.25) is 0 Å². The van der Waals surface area contributed by atoms with Crippen molar-refractivity contribution in [2.45, 2.75) is 25.1 Å². The Morgan fingerprint density at radius 1 is 1.04 bits per heavy atom. The van der Waals surface area contributed by atoms with Crippen LogP contribution in [-0.2, 0) is 17.7 Å². The van der Waals surface area contributed by atoms with Crippen LogP contribution in [0.3, 0.4) is 0 Å². The minimum atomic E-state index is 0.122. The van der Waals surface area contributed by atoms with Gasteiger partial charge < -0.3 is 15.0 Å². The molecule has 0 fully saturated rings. The van der Waals surface area contributed by atoms with E-state index in [1.807, 2.05) is 0 Å². The van der Waals surface area contributed by atoms with E-state index >= 15 is 0 Å². The lowest BCUT2D eigenvalue weighted by atomic mass is 10.0. The van der Waals surface area contributed by atoms with Crippen molar-refractivity contribution in [2.24, 2.45) is 0 Å². The Labute approximate surface area is 164 Å². The van der Waals surface area contributed by atoms with Crippen molar-refractivity contribution >= 4 is 11.0 Å². The Bertz CT molecular complexity index is 1100. The number of H-pyrrole nitrogens is 1. The molecule has 3 aromatic carbocycles. The van der Waals surface area contributed by atoms with Crippen LogP contribution in [0.5, 0.6) is 0 Å². The van der Waals surface area contributed by atoms with Gasteiger partial charge >= 0.3 is 0 Å². The lowest BCUT2D eigenvalue weighted by Gasteiger charge is -2.20. The Morgan fingerprint density at radius 3 is 2.71 bits per heavy atom. The van der Waals surface area contributed by atoms with Gasteiger partial charge in [-0.1, -0.05) is 54.6 Å². The Hall–Kier alpha value is -2.95. The molecular weight excluding hydrogens is 346 g/mol. The second kappa shape index (κ2) is 7.23. The fraction of sp³-hybridized carbons (Fsp3) is 0.208. The Balaban J connectivity index is 1.28. The summed E-state index contributed by atoms with van der Waals surface area (Å²) in [6.45, 7) is 0.832. The standard InChI is InChI=1S/C24H23N3O/c1-28-24-20-5-3-2-4-19(20)13-23(24)25-14-16-6-8-17(9-7-16)18-10-11-21-22(12-18)27-15-26-21/h2-12,15,23-25H,13-14H2,1H3,(H,26,27)/t23-,24+/m1/s1. The molecule has 0 amide bonds. The number of hydrogen-bond donors (Lipinski definition) is 2. The van der Waals surface area contributed by atoms with Crippen molar-refractivity contribution in [3.8, 4) is 11.1 Å². The van der Waals surface area contributed by atoms with Crippen molar-refractivity contribution in [1.82, 2.24) is 15.3 Å². The van der Waals surface area contributed by atoms with E-state index in [2.05, 4.69) is 82.0 Å². The van der Waals surface area contributed by atoms with Gasteiger partial charge in [-0.05, 0) is 46.4 Å². The van der Waals surface area contributed by atoms with Crippen molar-refractivity contribution in [2.75, 3.05) is 7.11 Å². The topological polar surface area (TPSA) is 49.9 Å².